The van der Waals surface area contributed by atoms with E-state index in [-0.39, 0.29) is 10.7 Å². The van der Waals surface area contributed by atoms with Gasteiger partial charge in [0.05, 0.1) is 20.9 Å². The molecule has 7 heteroatoms. The average Bonchev–Trinajstić information content (AvgIpc) is 2.75. The molecule has 2 nitrogen and oxygen atoms in total. The molecule has 0 unspecified atom stereocenters. The van der Waals surface area contributed by atoms with Gasteiger partial charge in [-0.25, -0.2) is 13.8 Å². The van der Waals surface area contributed by atoms with Gasteiger partial charge >= 0.3 is 0 Å². The zero-order valence-corrected chi connectivity index (χ0v) is 12.1. The molecule has 0 aliphatic rings. The summed E-state index contributed by atoms with van der Waals surface area (Å²) in [4.78, 5) is 4.28. The molecule has 1 N–H and O–H groups in total. The van der Waals surface area contributed by atoms with Gasteiger partial charge in [0.2, 0.25) is 0 Å². The van der Waals surface area contributed by atoms with Crippen LogP contribution in [0.1, 0.15) is 0 Å². The van der Waals surface area contributed by atoms with Gasteiger partial charge < -0.3 is 5.32 Å². The summed E-state index contributed by atoms with van der Waals surface area (Å²) in [5, 5.41) is 3.77. The van der Waals surface area contributed by atoms with E-state index in [1.807, 2.05) is 0 Å². The highest BCUT2D eigenvalue weighted by Crippen LogP contribution is 2.34. The third-order valence-electron chi connectivity index (χ3n) is 2.59. The zero-order valence-electron chi connectivity index (χ0n) is 9.75. The highest BCUT2D eigenvalue weighted by atomic mass is 35.5. The number of anilines is 2. The molecule has 0 saturated carbocycles. The van der Waals surface area contributed by atoms with E-state index in [0.29, 0.717) is 10.2 Å². The number of hydrogen-bond acceptors (Lipinski definition) is 3. The molecule has 20 heavy (non-hydrogen) atoms. The van der Waals surface area contributed by atoms with Gasteiger partial charge in [-0.05, 0) is 24.3 Å². The standard InChI is InChI=1S/C13H6Cl2F2N2S/c14-6-1-2-10-11(3-6)20-13(18-10)19-12-8(15)4-7(16)5-9(12)17/h1-5H,(H,18,19). The summed E-state index contributed by atoms with van der Waals surface area (Å²) in [5.74, 6) is -1.50. The second-order valence-corrected chi connectivity index (χ2v) is 5.87. The molecule has 3 aromatic rings. The lowest BCUT2D eigenvalue weighted by atomic mass is 10.3. The van der Waals surface area contributed by atoms with Crippen molar-refractivity contribution in [3.05, 3.63) is 52.0 Å². The Morgan fingerprint density at radius 3 is 2.65 bits per heavy atom. The Balaban J connectivity index is 2.01. The van der Waals surface area contributed by atoms with Gasteiger partial charge in [-0.2, -0.15) is 0 Å². The Kier molecular flexibility index (Phi) is 3.50. The number of nitrogens with zero attached hydrogens (tertiary/aromatic N) is 1. The molecular weight excluding hydrogens is 325 g/mol. The maximum atomic E-state index is 13.7. The minimum absolute atomic E-state index is 0.00165. The predicted molar refractivity (Wildman–Crippen MR) is 79.3 cm³/mol. The Bertz CT molecular complexity index is 781. The molecule has 0 atom stereocenters. The van der Waals surface area contributed by atoms with Crippen LogP contribution in [0.2, 0.25) is 10.0 Å². The van der Waals surface area contributed by atoms with Crippen molar-refractivity contribution in [1.82, 2.24) is 4.98 Å². The molecule has 0 spiro atoms. The molecule has 0 aliphatic carbocycles. The molecule has 0 amide bonds. The van der Waals surface area contributed by atoms with Crippen LogP contribution in [0.4, 0.5) is 19.6 Å². The quantitative estimate of drug-likeness (QED) is 0.659. The first-order chi connectivity index (χ1) is 9.52. The molecule has 0 radical (unpaired) electrons. The fraction of sp³-hybridized carbons (Fsp3) is 0. The smallest absolute Gasteiger partial charge is 0.188 e. The van der Waals surface area contributed by atoms with E-state index in [9.17, 15) is 8.78 Å². The van der Waals surface area contributed by atoms with Crippen molar-refractivity contribution >= 4 is 55.6 Å². The number of nitrogens with one attached hydrogen (secondary N) is 1. The molecule has 2 aromatic carbocycles. The Morgan fingerprint density at radius 2 is 1.90 bits per heavy atom. The van der Waals surface area contributed by atoms with Crippen molar-refractivity contribution in [2.75, 3.05) is 5.32 Å². The summed E-state index contributed by atoms with van der Waals surface area (Å²) in [6.07, 6.45) is 0. The topological polar surface area (TPSA) is 24.9 Å². The van der Waals surface area contributed by atoms with Crippen molar-refractivity contribution < 1.29 is 8.78 Å². The summed E-state index contributed by atoms with van der Waals surface area (Å²) in [6, 6.07) is 7.05. The number of halogens is 4. The minimum Gasteiger partial charge on any atom is -0.328 e. The fourth-order valence-electron chi connectivity index (χ4n) is 1.72. The van der Waals surface area contributed by atoms with Crippen molar-refractivity contribution in [3.8, 4) is 0 Å². The van der Waals surface area contributed by atoms with Gasteiger partial charge in [0, 0.05) is 11.1 Å². The lowest BCUT2D eigenvalue weighted by Crippen LogP contribution is -1.95. The number of benzene rings is 2. The van der Waals surface area contributed by atoms with Crippen LogP contribution < -0.4 is 5.32 Å². The van der Waals surface area contributed by atoms with Gasteiger partial charge in [-0.3, -0.25) is 0 Å². The van der Waals surface area contributed by atoms with Gasteiger partial charge in [-0.15, -0.1) is 0 Å². The number of hydrogen-bond donors (Lipinski definition) is 1. The molecule has 0 aliphatic heterocycles. The summed E-state index contributed by atoms with van der Waals surface area (Å²) >= 11 is 13.0. The molecule has 1 aromatic heterocycles. The highest BCUT2D eigenvalue weighted by Gasteiger charge is 2.12. The van der Waals surface area contributed by atoms with Crippen LogP contribution in [0, 0.1) is 11.6 Å². The second-order valence-electron chi connectivity index (χ2n) is 4.00. The molecule has 102 valence electrons. The number of thiazole rings is 1. The van der Waals surface area contributed by atoms with Crippen LogP contribution in [-0.2, 0) is 0 Å². The van der Waals surface area contributed by atoms with E-state index >= 15 is 0 Å². The first-order valence-corrected chi connectivity index (χ1v) is 7.08. The number of aromatic nitrogens is 1. The SMILES string of the molecule is Fc1cc(F)c(Nc2nc3ccc(Cl)cc3s2)c(Cl)c1. The van der Waals surface area contributed by atoms with Gasteiger partial charge in [-0.1, -0.05) is 34.5 Å². The van der Waals surface area contributed by atoms with E-state index in [0.717, 1.165) is 22.3 Å². The van der Waals surface area contributed by atoms with E-state index in [2.05, 4.69) is 10.3 Å². The van der Waals surface area contributed by atoms with Crippen molar-refractivity contribution in [1.29, 1.82) is 0 Å². The molecular formula is C13H6Cl2F2N2S. The van der Waals surface area contributed by atoms with Crippen molar-refractivity contribution in [2.24, 2.45) is 0 Å². The van der Waals surface area contributed by atoms with Crippen LogP contribution in [0.25, 0.3) is 10.2 Å². The van der Waals surface area contributed by atoms with E-state index in [1.54, 1.807) is 18.2 Å². The summed E-state index contributed by atoms with van der Waals surface area (Å²) in [6.45, 7) is 0. The Labute approximate surface area is 127 Å². The zero-order chi connectivity index (χ0) is 14.3. The van der Waals surface area contributed by atoms with Gasteiger partial charge in [0.15, 0.2) is 10.9 Å². The van der Waals surface area contributed by atoms with Crippen LogP contribution in [-0.4, -0.2) is 4.98 Å². The van der Waals surface area contributed by atoms with Crippen molar-refractivity contribution in [3.63, 3.8) is 0 Å². The first-order valence-electron chi connectivity index (χ1n) is 5.50. The lowest BCUT2D eigenvalue weighted by molar-refractivity contribution is 0.586. The van der Waals surface area contributed by atoms with Crippen LogP contribution in [0.3, 0.4) is 0 Å². The Hall–Kier alpha value is -1.43. The summed E-state index contributed by atoms with van der Waals surface area (Å²) < 4.78 is 27.5. The third-order valence-corrected chi connectivity index (χ3v) is 4.06. The van der Waals surface area contributed by atoms with E-state index in [1.165, 1.54) is 11.3 Å². The first kappa shape index (κ1) is 13.5. The maximum absolute atomic E-state index is 13.7. The van der Waals surface area contributed by atoms with Gasteiger partial charge in [0.1, 0.15) is 5.82 Å². The second kappa shape index (κ2) is 5.16. The normalized spacial score (nSPS) is 11.0. The highest BCUT2D eigenvalue weighted by molar-refractivity contribution is 7.22. The van der Waals surface area contributed by atoms with E-state index < -0.39 is 11.6 Å². The summed E-state index contributed by atoms with van der Waals surface area (Å²) in [7, 11) is 0. The third kappa shape index (κ3) is 2.57. The number of fused-ring (bicyclic) bond motifs is 1. The maximum Gasteiger partial charge on any atom is 0.188 e. The average molecular weight is 331 g/mol. The monoisotopic (exact) mass is 330 g/mol. The molecule has 3 rings (SSSR count). The van der Waals surface area contributed by atoms with Crippen LogP contribution in [0.5, 0.6) is 0 Å². The van der Waals surface area contributed by atoms with Crippen LogP contribution >= 0.6 is 34.5 Å². The Morgan fingerprint density at radius 1 is 1.10 bits per heavy atom. The molecule has 0 fully saturated rings. The van der Waals surface area contributed by atoms with E-state index in [4.69, 9.17) is 23.2 Å². The number of rotatable bonds is 2. The largest absolute Gasteiger partial charge is 0.328 e. The fourth-order valence-corrected chi connectivity index (χ4v) is 3.11. The molecule has 0 bridgehead atoms. The minimum atomic E-state index is -0.771. The van der Waals surface area contributed by atoms with Crippen LogP contribution in [0.15, 0.2) is 30.3 Å². The summed E-state index contributed by atoms with van der Waals surface area (Å²) in [5.41, 5.74) is 0.735. The van der Waals surface area contributed by atoms with Crippen molar-refractivity contribution in [2.45, 2.75) is 0 Å². The van der Waals surface area contributed by atoms with Gasteiger partial charge in [0.25, 0.3) is 0 Å². The molecule has 0 saturated heterocycles. The molecule has 1 heterocycles. The predicted octanol–water partition coefficient (Wildman–Crippen LogP) is 5.62. The lowest BCUT2D eigenvalue weighted by Gasteiger charge is -2.06.